The molecule has 2 N–H and O–H groups in total. The molecular formula is C26H22ClN3O5S2. The maximum Gasteiger partial charge on any atom is 0.273 e. The third kappa shape index (κ3) is 6.88. The van der Waals surface area contributed by atoms with Crippen LogP contribution in [0.4, 0.5) is 5.69 Å². The lowest BCUT2D eigenvalue weighted by Crippen LogP contribution is -2.21. The van der Waals surface area contributed by atoms with Gasteiger partial charge in [0, 0.05) is 5.02 Å². The first-order chi connectivity index (χ1) is 17.9. The van der Waals surface area contributed by atoms with Crippen molar-refractivity contribution in [3.8, 4) is 11.5 Å². The van der Waals surface area contributed by atoms with E-state index in [0.29, 0.717) is 28.7 Å². The van der Waals surface area contributed by atoms with Gasteiger partial charge in [0.15, 0.2) is 11.5 Å². The van der Waals surface area contributed by atoms with Crippen LogP contribution < -0.4 is 19.6 Å². The SMILES string of the molecule is COc1cc(C=NNC(=O)c2ccccc2NS(=O)(=O)c2cccs2)ccc1OCc1ccc(Cl)cc1. The summed E-state index contributed by atoms with van der Waals surface area (Å²) in [4.78, 5) is 12.7. The fourth-order valence-corrected chi connectivity index (χ4v) is 5.43. The lowest BCUT2D eigenvalue weighted by Gasteiger charge is -2.12. The number of carbonyl (C=O) groups is 1. The number of carbonyl (C=O) groups excluding carboxylic acids is 1. The molecule has 0 aliphatic rings. The van der Waals surface area contributed by atoms with Gasteiger partial charge in [-0.05, 0) is 65.0 Å². The third-order valence-electron chi connectivity index (χ3n) is 5.05. The number of hydrazone groups is 1. The van der Waals surface area contributed by atoms with Crippen LogP contribution in [0.1, 0.15) is 21.5 Å². The van der Waals surface area contributed by atoms with Crippen molar-refractivity contribution in [2.24, 2.45) is 5.10 Å². The summed E-state index contributed by atoms with van der Waals surface area (Å²) in [5.74, 6) is 0.471. The van der Waals surface area contributed by atoms with Crippen molar-refractivity contribution in [3.05, 3.63) is 106 Å². The predicted octanol–water partition coefficient (Wildman–Crippen LogP) is 5.55. The number of amides is 1. The van der Waals surface area contributed by atoms with Crippen LogP contribution in [-0.2, 0) is 16.6 Å². The molecule has 1 aromatic heterocycles. The largest absolute Gasteiger partial charge is 0.493 e. The van der Waals surface area contributed by atoms with Crippen LogP contribution >= 0.6 is 22.9 Å². The highest BCUT2D eigenvalue weighted by Crippen LogP contribution is 2.28. The number of ether oxygens (including phenoxy) is 2. The zero-order valence-electron chi connectivity index (χ0n) is 19.6. The number of hydrogen-bond donors (Lipinski definition) is 2. The highest BCUT2D eigenvalue weighted by atomic mass is 35.5. The Hall–Kier alpha value is -3.86. The number of rotatable bonds is 10. The predicted molar refractivity (Wildman–Crippen MR) is 145 cm³/mol. The number of methoxy groups -OCH3 is 1. The van der Waals surface area contributed by atoms with Crippen LogP contribution in [0.3, 0.4) is 0 Å². The molecule has 0 aliphatic heterocycles. The maximum atomic E-state index is 12.7. The molecule has 1 amide bonds. The number of benzene rings is 3. The molecule has 190 valence electrons. The average molecular weight is 556 g/mol. The second-order valence-corrected chi connectivity index (χ2v) is 10.9. The average Bonchev–Trinajstić information content (AvgIpc) is 3.45. The highest BCUT2D eigenvalue weighted by molar-refractivity contribution is 7.94. The second-order valence-electron chi connectivity index (χ2n) is 7.61. The van der Waals surface area contributed by atoms with E-state index in [1.54, 1.807) is 53.9 Å². The van der Waals surface area contributed by atoms with E-state index in [0.717, 1.165) is 16.9 Å². The molecule has 0 atom stereocenters. The van der Waals surface area contributed by atoms with Crippen LogP contribution in [-0.4, -0.2) is 27.6 Å². The summed E-state index contributed by atoms with van der Waals surface area (Å²) in [5, 5.41) is 6.32. The van der Waals surface area contributed by atoms with E-state index < -0.39 is 15.9 Å². The van der Waals surface area contributed by atoms with Gasteiger partial charge in [0.2, 0.25) is 0 Å². The van der Waals surface area contributed by atoms with E-state index in [2.05, 4.69) is 15.2 Å². The third-order valence-corrected chi connectivity index (χ3v) is 8.07. The van der Waals surface area contributed by atoms with Crippen molar-refractivity contribution < 1.29 is 22.7 Å². The number of hydrogen-bond acceptors (Lipinski definition) is 7. The molecule has 4 rings (SSSR count). The minimum Gasteiger partial charge on any atom is -0.493 e. The van der Waals surface area contributed by atoms with E-state index >= 15 is 0 Å². The summed E-state index contributed by atoms with van der Waals surface area (Å²) < 4.78 is 39.0. The number of halogens is 1. The first kappa shape index (κ1) is 26.2. The van der Waals surface area contributed by atoms with Crippen molar-refractivity contribution in [2.75, 3.05) is 11.8 Å². The van der Waals surface area contributed by atoms with Gasteiger partial charge in [-0.25, -0.2) is 13.8 Å². The van der Waals surface area contributed by atoms with Gasteiger partial charge in [0.25, 0.3) is 15.9 Å². The molecule has 11 heteroatoms. The first-order valence-corrected chi connectivity index (χ1v) is 13.6. The van der Waals surface area contributed by atoms with Crippen LogP contribution in [0.15, 0.2) is 93.6 Å². The number of nitrogens with zero attached hydrogens (tertiary/aromatic N) is 1. The number of anilines is 1. The minimum atomic E-state index is -3.81. The summed E-state index contributed by atoms with van der Waals surface area (Å²) in [5.41, 5.74) is 4.31. The van der Waals surface area contributed by atoms with Crippen LogP contribution in [0.25, 0.3) is 0 Å². The van der Waals surface area contributed by atoms with E-state index in [-0.39, 0.29) is 15.5 Å². The van der Waals surface area contributed by atoms with Gasteiger partial charge in [-0.1, -0.05) is 41.9 Å². The lowest BCUT2D eigenvalue weighted by atomic mass is 10.2. The van der Waals surface area contributed by atoms with Crippen molar-refractivity contribution in [3.63, 3.8) is 0 Å². The van der Waals surface area contributed by atoms with Gasteiger partial charge in [-0.2, -0.15) is 5.10 Å². The molecule has 0 fully saturated rings. The van der Waals surface area contributed by atoms with E-state index in [1.165, 1.54) is 31.5 Å². The smallest absolute Gasteiger partial charge is 0.273 e. The number of nitrogens with one attached hydrogen (secondary N) is 2. The van der Waals surface area contributed by atoms with E-state index in [4.69, 9.17) is 21.1 Å². The molecule has 0 unspecified atom stereocenters. The quantitative estimate of drug-likeness (QED) is 0.197. The van der Waals surface area contributed by atoms with Gasteiger partial charge >= 0.3 is 0 Å². The van der Waals surface area contributed by atoms with Crippen molar-refractivity contribution >= 4 is 50.8 Å². The molecule has 0 saturated carbocycles. The fraction of sp³-hybridized carbons (Fsp3) is 0.0769. The Morgan fingerprint density at radius 2 is 1.81 bits per heavy atom. The zero-order valence-corrected chi connectivity index (χ0v) is 21.9. The van der Waals surface area contributed by atoms with Crippen molar-refractivity contribution in [2.45, 2.75) is 10.8 Å². The van der Waals surface area contributed by atoms with Crippen molar-refractivity contribution in [1.82, 2.24) is 5.43 Å². The summed E-state index contributed by atoms with van der Waals surface area (Å²) >= 11 is 7.00. The standard InChI is InChI=1S/C26H22ClN3O5S2/c1-34-24-15-19(10-13-23(24)35-17-18-8-11-20(27)12-9-18)16-28-29-26(31)21-5-2-3-6-22(21)30-37(32,33)25-7-4-14-36-25/h2-16,30H,17H2,1H3,(H,29,31). The Balaban J connectivity index is 1.41. The van der Waals surface area contributed by atoms with Crippen LogP contribution in [0.5, 0.6) is 11.5 Å². The highest BCUT2D eigenvalue weighted by Gasteiger charge is 2.19. The molecule has 1 heterocycles. The summed E-state index contributed by atoms with van der Waals surface area (Å²) in [6, 6.07) is 22.0. The monoisotopic (exact) mass is 555 g/mol. The van der Waals surface area contributed by atoms with Crippen LogP contribution in [0, 0.1) is 0 Å². The number of para-hydroxylation sites is 1. The van der Waals surface area contributed by atoms with Gasteiger partial charge in [-0.3, -0.25) is 9.52 Å². The van der Waals surface area contributed by atoms with Gasteiger partial charge in [-0.15, -0.1) is 11.3 Å². The Labute approximate surface area is 223 Å². The topological polar surface area (TPSA) is 106 Å². The summed E-state index contributed by atoms with van der Waals surface area (Å²) in [6.07, 6.45) is 1.45. The molecule has 0 saturated heterocycles. The molecular weight excluding hydrogens is 534 g/mol. The minimum absolute atomic E-state index is 0.128. The first-order valence-electron chi connectivity index (χ1n) is 10.9. The molecule has 0 radical (unpaired) electrons. The molecule has 37 heavy (non-hydrogen) atoms. The number of sulfonamides is 1. The van der Waals surface area contributed by atoms with E-state index in [9.17, 15) is 13.2 Å². The second kappa shape index (κ2) is 11.9. The molecule has 8 nitrogen and oxygen atoms in total. The normalized spacial score (nSPS) is 11.3. The molecule has 3 aromatic carbocycles. The van der Waals surface area contributed by atoms with Gasteiger partial charge in [0.05, 0.1) is 24.6 Å². The molecule has 0 aliphatic carbocycles. The Bertz CT molecular complexity index is 1510. The number of thiophene rings is 1. The summed E-state index contributed by atoms with van der Waals surface area (Å²) in [7, 11) is -2.28. The van der Waals surface area contributed by atoms with Gasteiger partial charge in [0.1, 0.15) is 10.8 Å². The molecule has 0 spiro atoms. The van der Waals surface area contributed by atoms with Gasteiger partial charge < -0.3 is 9.47 Å². The molecule has 4 aromatic rings. The lowest BCUT2D eigenvalue weighted by molar-refractivity contribution is 0.0956. The van der Waals surface area contributed by atoms with E-state index in [1.807, 2.05) is 12.1 Å². The molecule has 0 bridgehead atoms. The van der Waals surface area contributed by atoms with Crippen molar-refractivity contribution in [1.29, 1.82) is 0 Å². The Morgan fingerprint density at radius 3 is 2.54 bits per heavy atom. The fourth-order valence-electron chi connectivity index (χ4n) is 3.23. The Morgan fingerprint density at radius 1 is 1.03 bits per heavy atom. The maximum absolute atomic E-state index is 12.7. The van der Waals surface area contributed by atoms with Crippen LogP contribution in [0.2, 0.25) is 5.02 Å². The zero-order chi connectivity index (χ0) is 26.3. The Kier molecular flexibility index (Phi) is 8.44. The summed E-state index contributed by atoms with van der Waals surface area (Å²) in [6.45, 7) is 0.340.